The highest BCUT2D eigenvalue weighted by atomic mass is 15.1. The van der Waals surface area contributed by atoms with Crippen LogP contribution < -0.4 is 0 Å². The van der Waals surface area contributed by atoms with Crippen molar-refractivity contribution in [3.63, 3.8) is 0 Å². The van der Waals surface area contributed by atoms with Crippen LogP contribution in [-0.4, -0.2) is 19.1 Å². The Morgan fingerprint density at radius 3 is 1.55 bits per heavy atom. The van der Waals surface area contributed by atoms with Gasteiger partial charge in [0.05, 0.1) is 39.1 Å². The Labute approximate surface area is 219 Å². The molecule has 4 aromatic heterocycles. The molecule has 0 aliphatic carbocycles. The average Bonchev–Trinajstić information content (AvgIpc) is 3.51. The van der Waals surface area contributed by atoms with E-state index in [1.165, 1.54) is 27.2 Å². The molecular formula is C34H22N4. The lowest BCUT2D eigenvalue weighted by molar-refractivity contribution is 1.09. The SMILES string of the molecule is c1ccc(-c2nccc3c4ccccc4n(-c4ccccc4-n4c5ccccc5c5ccccc54)c23)nc1. The van der Waals surface area contributed by atoms with Gasteiger partial charge in [-0.2, -0.15) is 0 Å². The third-order valence-electron chi connectivity index (χ3n) is 7.43. The van der Waals surface area contributed by atoms with Crippen LogP contribution in [0.3, 0.4) is 0 Å². The Kier molecular flexibility index (Phi) is 4.49. The molecule has 0 fully saturated rings. The predicted octanol–water partition coefficient (Wildman–Crippen LogP) is 8.34. The summed E-state index contributed by atoms with van der Waals surface area (Å²) < 4.78 is 4.75. The fourth-order valence-electron chi connectivity index (χ4n) is 5.88. The van der Waals surface area contributed by atoms with Crippen LogP contribution in [-0.2, 0) is 0 Å². The summed E-state index contributed by atoms with van der Waals surface area (Å²) >= 11 is 0. The Morgan fingerprint density at radius 1 is 0.395 bits per heavy atom. The van der Waals surface area contributed by atoms with Crippen LogP contribution in [0.2, 0.25) is 0 Å². The molecule has 4 aromatic carbocycles. The van der Waals surface area contributed by atoms with Crippen LogP contribution in [0.5, 0.6) is 0 Å². The van der Waals surface area contributed by atoms with Crippen LogP contribution in [0.25, 0.3) is 66.4 Å². The van der Waals surface area contributed by atoms with Crippen molar-refractivity contribution in [2.45, 2.75) is 0 Å². The van der Waals surface area contributed by atoms with Crippen molar-refractivity contribution in [3.8, 4) is 22.8 Å². The summed E-state index contributed by atoms with van der Waals surface area (Å²) in [6.07, 6.45) is 3.72. The van der Waals surface area contributed by atoms with Gasteiger partial charge < -0.3 is 9.13 Å². The molecule has 0 radical (unpaired) electrons. The molecule has 4 heteroatoms. The molecule has 178 valence electrons. The van der Waals surface area contributed by atoms with Gasteiger partial charge >= 0.3 is 0 Å². The monoisotopic (exact) mass is 486 g/mol. The molecule has 0 atom stereocenters. The summed E-state index contributed by atoms with van der Waals surface area (Å²) in [6, 6.07) is 42.6. The topological polar surface area (TPSA) is 35.6 Å². The minimum absolute atomic E-state index is 0.858. The molecular weight excluding hydrogens is 464 g/mol. The normalized spacial score (nSPS) is 11.7. The van der Waals surface area contributed by atoms with E-state index >= 15 is 0 Å². The van der Waals surface area contributed by atoms with Gasteiger partial charge in [0.1, 0.15) is 5.69 Å². The quantitative estimate of drug-likeness (QED) is 0.252. The predicted molar refractivity (Wildman–Crippen MR) is 156 cm³/mol. The summed E-state index contributed by atoms with van der Waals surface area (Å²) in [7, 11) is 0. The van der Waals surface area contributed by atoms with Gasteiger partial charge in [-0.25, -0.2) is 0 Å². The molecule has 8 rings (SSSR count). The van der Waals surface area contributed by atoms with E-state index in [0.29, 0.717) is 0 Å². The minimum atomic E-state index is 0.858. The molecule has 0 saturated carbocycles. The first-order chi connectivity index (χ1) is 18.9. The fourth-order valence-corrected chi connectivity index (χ4v) is 5.88. The Balaban J connectivity index is 1.55. The number of pyridine rings is 2. The van der Waals surface area contributed by atoms with Crippen LogP contribution in [0, 0.1) is 0 Å². The molecule has 0 unspecified atom stereocenters. The first kappa shape index (κ1) is 20.9. The molecule has 0 aliphatic heterocycles. The van der Waals surface area contributed by atoms with Crippen molar-refractivity contribution in [1.82, 2.24) is 19.1 Å². The van der Waals surface area contributed by atoms with Crippen LogP contribution in [0.4, 0.5) is 0 Å². The largest absolute Gasteiger partial charge is 0.307 e. The highest BCUT2D eigenvalue weighted by Gasteiger charge is 2.21. The fraction of sp³-hybridized carbons (Fsp3) is 0. The maximum atomic E-state index is 4.86. The summed E-state index contributed by atoms with van der Waals surface area (Å²) in [5.74, 6) is 0. The van der Waals surface area contributed by atoms with Crippen LogP contribution in [0.1, 0.15) is 0 Å². The molecule has 0 amide bonds. The van der Waals surface area contributed by atoms with E-state index in [2.05, 4.69) is 117 Å². The third-order valence-corrected chi connectivity index (χ3v) is 7.43. The molecule has 4 nitrogen and oxygen atoms in total. The van der Waals surface area contributed by atoms with E-state index in [4.69, 9.17) is 4.98 Å². The molecule has 0 bridgehead atoms. The summed E-state index contributed by atoms with van der Waals surface area (Å²) in [5.41, 5.74) is 8.50. The number of benzene rings is 4. The number of aromatic nitrogens is 4. The number of para-hydroxylation sites is 5. The number of nitrogens with zero attached hydrogens (tertiary/aromatic N) is 4. The van der Waals surface area contributed by atoms with Crippen molar-refractivity contribution in [2.24, 2.45) is 0 Å². The maximum Gasteiger partial charge on any atom is 0.113 e. The zero-order chi connectivity index (χ0) is 25.1. The van der Waals surface area contributed by atoms with E-state index in [1.807, 2.05) is 30.6 Å². The molecule has 4 heterocycles. The highest BCUT2D eigenvalue weighted by molar-refractivity contribution is 6.13. The molecule has 0 aliphatic rings. The van der Waals surface area contributed by atoms with E-state index < -0.39 is 0 Å². The molecule has 0 N–H and O–H groups in total. The second-order valence-corrected chi connectivity index (χ2v) is 9.48. The first-order valence-corrected chi connectivity index (χ1v) is 12.8. The van der Waals surface area contributed by atoms with Gasteiger partial charge in [0, 0.05) is 33.9 Å². The van der Waals surface area contributed by atoms with Crippen LogP contribution >= 0.6 is 0 Å². The minimum Gasteiger partial charge on any atom is -0.307 e. The second-order valence-electron chi connectivity index (χ2n) is 9.48. The van der Waals surface area contributed by atoms with Crippen molar-refractivity contribution in [2.75, 3.05) is 0 Å². The average molecular weight is 487 g/mol. The van der Waals surface area contributed by atoms with Crippen molar-refractivity contribution in [1.29, 1.82) is 0 Å². The second kappa shape index (κ2) is 8.15. The molecule has 0 spiro atoms. The van der Waals surface area contributed by atoms with E-state index in [0.717, 1.165) is 39.2 Å². The number of fused-ring (bicyclic) bond motifs is 6. The summed E-state index contributed by atoms with van der Waals surface area (Å²) in [5, 5.41) is 4.85. The standard InChI is InChI=1S/C34H22N4/c1-4-15-28-23(11-1)24-12-2-5-16-29(24)37(28)31-18-7-8-19-32(31)38-30-17-6-3-13-25(30)26-20-22-36-33(34(26)38)27-14-9-10-21-35-27/h1-22H. The van der Waals surface area contributed by atoms with Gasteiger partial charge in [-0.15, -0.1) is 0 Å². The van der Waals surface area contributed by atoms with Gasteiger partial charge in [0.2, 0.25) is 0 Å². The van der Waals surface area contributed by atoms with E-state index in [-0.39, 0.29) is 0 Å². The first-order valence-electron chi connectivity index (χ1n) is 12.8. The van der Waals surface area contributed by atoms with Gasteiger partial charge in [-0.05, 0) is 48.5 Å². The number of rotatable bonds is 3. The zero-order valence-corrected chi connectivity index (χ0v) is 20.5. The summed E-state index contributed by atoms with van der Waals surface area (Å²) in [4.78, 5) is 9.54. The van der Waals surface area contributed by atoms with Crippen LogP contribution in [0.15, 0.2) is 134 Å². The van der Waals surface area contributed by atoms with Gasteiger partial charge in [-0.3, -0.25) is 9.97 Å². The van der Waals surface area contributed by atoms with E-state index in [9.17, 15) is 0 Å². The lowest BCUT2D eigenvalue weighted by Crippen LogP contribution is -2.04. The van der Waals surface area contributed by atoms with Crippen molar-refractivity contribution < 1.29 is 0 Å². The smallest absolute Gasteiger partial charge is 0.113 e. The number of hydrogen-bond donors (Lipinski definition) is 0. The summed E-state index contributed by atoms with van der Waals surface area (Å²) in [6.45, 7) is 0. The molecule has 8 aromatic rings. The lowest BCUT2D eigenvalue weighted by Gasteiger charge is -2.17. The maximum absolute atomic E-state index is 4.86. The van der Waals surface area contributed by atoms with Gasteiger partial charge in [0.15, 0.2) is 0 Å². The molecule has 0 saturated heterocycles. The van der Waals surface area contributed by atoms with E-state index in [1.54, 1.807) is 0 Å². The molecule has 38 heavy (non-hydrogen) atoms. The zero-order valence-electron chi connectivity index (χ0n) is 20.5. The Bertz CT molecular complexity index is 2080. The Hall–Kier alpha value is -5.22. The lowest BCUT2D eigenvalue weighted by atomic mass is 10.1. The van der Waals surface area contributed by atoms with Crippen molar-refractivity contribution in [3.05, 3.63) is 134 Å². The highest BCUT2D eigenvalue weighted by Crippen LogP contribution is 2.39. The third kappa shape index (κ3) is 2.91. The van der Waals surface area contributed by atoms with Gasteiger partial charge in [-0.1, -0.05) is 72.8 Å². The van der Waals surface area contributed by atoms with Gasteiger partial charge in [0.25, 0.3) is 0 Å². The Morgan fingerprint density at radius 2 is 0.921 bits per heavy atom. The van der Waals surface area contributed by atoms with Crippen molar-refractivity contribution >= 4 is 43.6 Å². The number of hydrogen-bond acceptors (Lipinski definition) is 2.